The van der Waals surface area contributed by atoms with E-state index in [4.69, 9.17) is 23.2 Å². The molecule has 1 atom stereocenters. The Bertz CT molecular complexity index is 294. The normalized spacial score (nSPS) is 26.9. The summed E-state index contributed by atoms with van der Waals surface area (Å²) in [5.74, 6) is -0.497. The van der Waals surface area contributed by atoms with Gasteiger partial charge in [-0.25, -0.2) is 0 Å². The van der Waals surface area contributed by atoms with Gasteiger partial charge in [0.15, 0.2) is 0 Å². The molecule has 1 aliphatic carbocycles. The van der Waals surface area contributed by atoms with Gasteiger partial charge in [0.25, 0.3) is 0 Å². The Labute approximate surface area is 98.7 Å². The average Bonchev–Trinajstić information content (AvgIpc) is 2.64. The third kappa shape index (κ3) is 2.55. The van der Waals surface area contributed by atoms with E-state index >= 15 is 0 Å². The minimum absolute atomic E-state index is 0.0356. The van der Waals surface area contributed by atoms with Crippen LogP contribution in [0.15, 0.2) is 0 Å². The average molecular weight is 253 g/mol. The number of carbonyl (C=O) groups excluding carboxylic acids is 2. The maximum absolute atomic E-state index is 11.6. The Hall–Kier alpha value is -0.480. The molecule has 0 aliphatic heterocycles. The van der Waals surface area contributed by atoms with E-state index in [1.165, 1.54) is 0 Å². The lowest BCUT2D eigenvalue weighted by Gasteiger charge is -2.12. The number of carbonyl (C=O) groups is 2. The highest BCUT2D eigenvalue weighted by Crippen LogP contribution is 2.63. The smallest absolute Gasteiger partial charge is 0.239 e. The lowest BCUT2D eigenvalue weighted by molar-refractivity contribution is -0.129. The van der Waals surface area contributed by atoms with Crippen molar-refractivity contribution in [3.8, 4) is 0 Å². The first-order valence-electron chi connectivity index (χ1n) is 4.76. The van der Waals surface area contributed by atoms with E-state index in [9.17, 15) is 9.59 Å². The van der Waals surface area contributed by atoms with E-state index < -0.39 is 9.75 Å². The third-order valence-electron chi connectivity index (χ3n) is 2.54. The van der Waals surface area contributed by atoms with Crippen molar-refractivity contribution in [1.82, 2.24) is 10.6 Å². The molecule has 0 aromatic rings. The molecule has 0 spiro atoms. The zero-order valence-corrected chi connectivity index (χ0v) is 10.2. The van der Waals surface area contributed by atoms with Crippen LogP contribution in [0.2, 0.25) is 0 Å². The van der Waals surface area contributed by atoms with Gasteiger partial charge >= 0.3 is 0 Å². The first-order valence-corrected chi connectivity index (χ1v) is 5.52. The third-order valence-corrected chi connectivity index (χ3v) is 3.64. The second-order valence-corrected chi connectivity index (χ2v) is 5.33. The van der Waals surface area contributed by atoms with Gasteiger partial charge in [0.1, 0.15) is 4.33 Å². The highest BCUT2D eigenvalue weighted by molar-refractivity contribution is 6.53. The van der Waals surface area contributed by atoms with Gasteiger partial charge in [0.05, 0.1) is 12.0 Å². The molecule has 2 amide bonds. The molecule has 15 heavy (non-hydrogen) atoms. The highest BCUT2D eigenvalue weighted by atomic mass is 35.5. The second kappa shape index (κ2) is 4.18. The fourth-order valence-electron chi connectivity index (χ4n) is 1.26. The summed E-state index contributed by atoms with van der Waals surface area (Å²) in [6, 6.07) is 0. The number of alkyl halides is 2. The molecule has 1 unspecified atom stereocenters. The van der Waals surface area contributed by atoms with E-state index in [1.807, 2.05) is 6.92 Å². The molecule has 1 aliphatic rings. The van der Waals surface area contributed by atoms with Crippen LogP contribution in [0.4, 0.5) is 0 Å². The Morgan fingerprint density at radius 1 is 1.33 bits per heavy atom. The zero-order chi connectivity index (χ0) is 11.7. The molecule has 1 fully saturated rings. The van der Waals surface area contributed by atoms with E-state index in [1.54, 1.807) is 6.92 Å². The van der Waals surface area contributed by atoms with Crippen LogP contribution >= 0.6 is 23.2 Å². The summed E-state index contributed by atoms with van der Waals surface area (Å²) < 4.78 is -0.988. The number of hydrogen-bond donors (Lipinski definition) is 2. The molecule has 0 radical (unpaired) electrons. The fourth-order valence-corrected chi connectivity index (χ4v) is 1.97. The first-order chi connectivity index (χ1) is 6.83. The van der Waals surface area contributed by atoms with Crippen LogP contribution in [0.3, 0.4) is 0 Å². The van der Waals surface area contributed by atoms with Crippen LogP contribution in [0, 0.1) is 5.41 Å². The van der Waals surface area contributed by atoms with Gasteiger partial charge in [-0.15, -0.1) is 23.2 Å². The van der Waals surface area contributed by atoms with Gasteiger partial charge in [-0.1, -0.05) is 0 Å². The Morgan fingerprint density at radius 2 is 1.87 bits per heavy atom. The molecule has 1 saturated carbocycles. The fraction of sp³-hybridized carbons (Fsp3) is 0.778. The molecule has 2 N–H and O–H groups in total. The molecule has 4 nitrogen and oxygen atoms in total. The van der Waals surface area contributed by atoms with Gasteiger partial charge in [0.2, 0.25) is 11.8 Å². The molecule has 6 heteroatoms. The molecule has 0 aromatic carbocycles. The van der Waals surface area contributed by atoms with Crippen molar-refractivity contribution in [3.05, 3.63) is 0 Å². The molecule has 0 aromatic heterocycles. The maximum Gasteiger partial charge on any atom is 0.239 e. The van der Waals surface area contributed by atoms with Crippen molar-refractivity contribution in [2.24, 2.45) is 5.41 Å². The molecular formula is C9H14Cl2N2O2. The summed E-state index contributed by atoms with van der Waals surface area (Å²) in [6.07, 6.45) is 0.421. The predicted molar refractivity (Wildman–Crippen MR) is 58.9 cm³/mol. The number of halogens is 2. The molecule has 0 bridgehead atoms. The molecule has 0 saturated heterocycles. The lowest BCUT2D eigenvalue weighted by Crippen LogP contribution is -2.40. The number of likely N-dealkylation sites (N-methyl/N-ethyl adjacent to an activating group) is 1. The van der Waals surface area contributed by atoms with Crippen molar-refractivity contribution in [3.63, 3.8) is 0 Å². The van der Waals surface area contributed by atoms with Crippen molar-refractivity contribution in [1.29, 1.82) is 0 Å². The van der Waals surface area contributed by atoms with E-state index in [0.29, 0.717) is 13.0 Å². The summed E-state index contributed by atoms with van der Waals surface area (Å²) in [4.78, 5) is 22.7. The van der Waals surface area contributed by atoms with Crippen molar-refractivity contribution in [2.75, 3.05) is 13.1 Å². The second-order valence-electron chi connectivity index (χ2n) is 3.85. The van der Waals surface area contributed by atoms with Gasteiger partial charge in [-0.05, 0) is 20.3 Å². The summed E-state index contributed by atoms with van der Waals surface area (Å²) in [5, 5.41) is 5.08. The Balaban J connectivity index is 2.35. The number of hydrogen-bond acceptors (Lipinski definition) is 2. The quantitative estimate of drug-likeness (QED) is 0.729. The molecule has 86 valence electrons. The van der Waals surface area contributed by atoms with Crippen LogP contribution in [0.1, 0.15) is 20.3 Å². The number of nitrogens with one attached hydrogen (secondary N) is 2. The minimum Gasteiger partial charge on any atom is -0.355 e. The monoisotopic (exact) mass is 252 g/mol. The van der Waals surface area contributed by atoms with Crippen LogP contribution in [0.25, 0.3) is 0 Å². The largest absolute Gasteiger partial charge is 0.355 e. The summed E-state index contributed by atoms with van der Waals surface area (Å²) in [6.45, 7) is 4.00. The van der Waals surface area contributed by atoms with E-state index in [0.717, 1.165) is 0 Å². The number of amides is 2. The van der Waals surface area contributed by atoms with Crippen LogP contribution in [-0.4, -0.2) is 29.2 Å². The predicted octanol–water partition coefficient (Wildman–Crippen LogP) is 0.823. The highest BCUT2D eigenvalue weighted by Gasteiger charge is 2.67. The maximum atomic E-state index is 11.6. The summed E-state index contributed by atoms with van der Waals surface area (Å²) in [5.41, 5.74) is -0.761. The topological polar surface area (TPSA) is 58.2 Å². The van der Waals surface area contributed by atoms with Crippen LogP contribution < -0.4 is 10.6 Å². The first kappa shape index (κ1) is 12.6. The SMILES string of the molecule is CCNC(=O)CNC(=O)C1(C)CC1(Cl)Cl. The van der Waals surface area contributed by atoms with Gasteiger partial charge in [0, 0.05) is 6.54 Å². The lowest BCUT2D eigenvalue weighted by atomic mass is 10.1. The molecular weight excluding hydrogens is 239 g/mol. The standard InChI is InChI=1S/C9H14Cl2N2O2/c1-3-12-6(14)4-13-7(15)8(2)5-9(8,10)11/h3-5H2,1-2H3,(H,12,14)(H,13,15). The van der Waals surface area contributed by atoms with Crippen LogP contribution in [-0.2, 0) is 9.59 Å². The van der Waals surface area contributed by atoms with Crippen LogP contribution in [0.5, 0.6) is 0 Å². The molecule has 0 heterocycles. The zero-order valence-electron chi connectivity index (χ0n) is 8.69. The van der Waals surface area contributed by atoms with E-state index in [-0.39, 0.29) is 18.4 Å². The minimum atomic E-state index is -0.988. The summed E-state index contributed by atoms with van der Waals surface area (Å²) >= 11 is 11.6. The van der Waals surface area contributed by atoms with Gasteiger partial charge in [-0.2, -0.15) is 0 Å². The number of rotatable bonds is 4. The summed E-state index contributed by atoms with van der Waals surface area (Å²) in [7, 11) is 0. The van der Waals surface area contributed by atoms with Crippen molar-refractivity contribution >= 4 is 35.0 Å². The van der Waals surface area contributed by atoms with Crippen molar-refractivity contribution in [2.45, 2.75) is 24.6 Å². The van der Waals surface area contributed by atoms with Gasteiger partial charge in [-0.3, -0.25) is 9.59 Å². The van der Waals surface area contributed by atoms with E-state index in [2.05, 4.69) is 10.6 Å². The van der Waals surface area contributed by atoms with Gasteiger partial charge < -0.3 is 10.6 Å². The Kier molecular flexibility index (Phi) is 3.51. The van der Waals surface area contributed by atoms with Crippen molar-refractivity contribution < 1.29 is 9.59 Å². The molecule has 1 rings (SSSR count). The Morgan fingerprint density at radius 3 is 2.27 bits per heavy atom.